The maximum Gasteiger partial charge on any atom is 0.234 e. The van der Waals surface area contributed by atoms with Crippen LogP contribution in [0.2, 0.25) is 0 Å². The Morgan fingerprint density at radius 2 is 1.67 bits per heavy atom. The van der Waals surface area contributed by atoms with Crippen molar-refractivity contribution in [1.29, 1.82) is 0 Å². The van der Waals surface area contributed by atoms with E-state index in [4.69, 9.17) is 0 Å². The van der Waals surface area contributed by atoms with E-state index in [0.717, 1.165) is 17.7 Å². The van der Waals surface area contributed by atoms with Crippen molar-refractivity contribution in [3.8, 4) is 0 Å². The third-order valence-electron chi connectivity index (χ3n) is 3.61. The minimum Gasteiger partial charge on any atom is -0.315 e. The first-order valence-corrected chi connectivity index (χ1v) is 6.18. The first-order chi connectivity index (χ1) is 8.77. The Kier molecular flexibility index (Phi) is 2.63. The number of para-hydroxylation sites is 1. The van der Waals surface area contributed by atoms with Gasteiger partial charge in [0.2, 0.25) is 5.91 Å². The predicted molar refractivity (Wildman–Crippen MR) is 72.7 cm³/mol. The van der Waals surface area contributed by atoms with Gasteiger partial charge in [0.15, 0.2) is 0 Å². The lowest BCUT2D eigenvalue weighted by Crippen LogP contribution is -2.37. The van der Waals surface area contributed by atoms with Crippen LogP contribution in [0.4, 0.5) is 5.69 Å². The van der Waals surface area contributed by atoms with Crippen LogP contribution in [0.3, 0.4) is 0 Å². The quantitative estimate of drug-likeness (QED) is 0.746. The van der Waals surface area contributed by atoms with Crippen molar-refractivity contribution in [2.24, 2.45) is 0 Å². The number of nitrogens with zero attached hydrogens (tertiary/aromatic N) is 1. The van der Waals surface area contributed by atoms with E-state index in [1.807, 2.05) is 55.6 Å². The van der Waals surface area contributed by atoms with Crippen LogP contribution in [0.15, 0.2) is 54.6 Å². The van der Waals surface area contributed by atoms with Crippen LogP contribution in [-0.4, -0.2) is 13.0 Å². The molecule has 1 atom stereocenters. The van der Waals surface area contributed by atoms with Gasteiger partial charge in [-0.05, 0) is 23.6 Å². The van der Waals surface area contributed by atoms with Gasteiger partial charge in [-0.15, -0.1) is 0 Å². The standard InChI is InChI=1S/C16H15NO/c1-17-15-10-6-5-9-13(15)11-14(16(17)18)12-7-3-2-4-8-12/h2-10,14H,11H2,1H3. The van der Waals surface area contributed by atoms with E-state index in [-0.39, 0.29) is 11.8 Å². The van der Waals surface area contributed by atoms with Crippen molar-refractivity contribution in [1.82, 2.24) is 0 Å². The third-order valence-corrected chi connectivity index (χ3v) is 3.61. The molecule has 1 aliphatic heterocycles. The van der Waals surface area contributed by atoms with Crippen LogP contribution < -0.4 is 4.90 Å². The first kappa shape index (κ1) is 11.0. The zero-order chi connectivity index (χ0) is 12.5. The fraction of sp³-hybridized carbons (Fsp3) is 0.188. The summed E-state index contributed by atoms with van der Waals surface area (Å²) in [6.07, 6.45) is 0.795. The van der Waals surface area contributed by atoms with Gasteiger partial charge in [-0.1, -0.05) is 48.5 Å². The fourth-order valence-corrected chi connectivity index (χ4v) is 2.62. The smallest absolute Gasteiger partial charge is 0.234 e. The van der Waals surface area contributed by atoms with E-state index in [1.165, 1.54) is 5.56 Å². The van der Waals surface area contributed by atoms with Gasteiger partial charge >= 0.3 is 0 Å². The molecule has 2 aromatic rings. The number of rotatable bonds is 1. The van der Waals surface area contributed by atoms with Crippen molar-refractivity contribution in [2.45, 2.75) is 12.3 Å². The fourth-order valence-electron chi connectivity index (χ4n) is 2.62. The van der Waals surface area contributed by atoms with Gasteiger partial charge in [-0.3, -0.25) is 4.79 Å². The lowest BCUT2D eigenvalue weighted by atomic mass is 9.87. The van der Waals surface area contributed by atoms with Gasteiger partial charge in [0.1, 0.15) is 0 Å². The molecule has 1 aliphatic rings. The molecule has 2 nitrogen and oxygen atoms in total. The highest BCUT2D eigenvalue weighted by Gasteiger charge is 2.31. The molecule has 0 fully saturated rings. The van der Waals surface area contributed by atoms with Gasteiger partial charge in [-0.2, -0.15) is 0 Å². The molecular formula is C16H15NO. The van der Waals surface area contributed by atoms with Crippen LogP contribution in [0.25, 0.3) is 0 Å². The average Bonchev–Trinajstić information content (AvgIpc) is 2.44. The molecule has 0 bridgehead atoms. The molecular weight excluding hydrogens is 222 g/mol. The minimum absolute atomic E-state index is 0.0499. The summed E-state index contributed by atoms with van der Waals surface area (Å²) < 4.78 is 0. The molecule has 90 valence electrons. The number of anilines is 1. The number of carbonyl (C=O) groups excluding carboxylic acids is 1. The monoisotopic (exact) mass is 237 g/mol. The summed E-state index contributed by atoms with van der Waals surface area (Å²) in [6.45, 7) is 0. The van der Waals surface area contributed by atoms with Gasteiger partial charge < -0.3 is 4.90 Å². The van der Waals surface area contributed by atoms with Crippen molar-refractivity contribution in [3.63, 3.8) is 0 Å². The summed E-state index contributed by atoms with van der Waals surface area (Å²) in [5, 5.41) is 0. The molecule has 2 heteroatoms. The Hall–Kier alpha value is -2.09. The second-order valence-corrected chi connectivity index (χ2v) is 4.69. The summed E-state index contributed by atoms with van der Waals surface area (Å²) in [5.74, 6) is 0.131. The molecule has 0 spiro atoms. The van der Waals surface area contributed by atoms with Gasteiger partial charge in [0, 0.05) is 12.7 Å². The summed E-state index contributed by atoms with van der Waals surface area (Å²) in [4.78, 5) is 14.2. The molecule has 1 heterocycles. The van der Waals surface area contributed by atoms with Crippen LogP contribution in [0, 0.1) is 0 Å². The molecule has 0 radical (unpaired) electrons. The minimum atomic E-state index is -0.0499. The predicted octanol–water partition coefficient (Wildman–Crippen LogP) is 2.99. The number of fused-ring (bicyclic) bond motifs is 1. The van der Waals surface area contributed by atoms with E-state index in [1.54, 1.807) is 4.90 Å². The highest BCUT2D eigenvalue weighted by atomic mass is 16.2. The molecule has 0 N–H and O–H groups in total. The highest BCUT2D eigenvalue weighted by molar-refractivity contribution is 6.00. The molecule has 0 saturated carbocycles. The molecule has 0 aliphatic carbocycles. The molecule has 18 heavy (non-hydrogen) atoms. The third kappa shape index (κ3) is 1.70. The van der Waals surface area contributed by atoms with Gasteiger partial charge in [0.05, 0.1) is 5.92 Å². The molecule has 0 saturated heterocycles. The molecule has 1 amide bonds. The molecule has 2 aromatic carbocycles. The van der Waals surface area contributed by atoms with Crippen molar-refractivity contribution >= 4 is 11.6 Å². The Morgan fingerprint density at radius 3 is 2.44 bits per heavy atom. The number of hydrogen-bond acceptors (Lipinski definition) is 1. The van der Waals surface area contributed by atoms with Crippen molar-refractivity contribution in [2.75, 3.05) is 11.9 Å². The SMILES string of the molecule is CN1C(=O)C(c2ccccc2)Cc2ccccc21. The van der Waals surface area contributed by atoms with E-state index >= 15 is 0 Å². The lowest BCUT2D eigenvalue weighted by molar-refractivity contribution is -0.120. The Bertz CT molecular complexity index is 577. The van der Waals surface area contributed by atoms with Crippen molar-refractivity contribution in [3.05, 3.63) is 65.7 Å². The Balaban J connectivity index is 2.04. The van der Waals surface area contributed by atoms with E-state index in [0.29, 0.717) is 0 Å². The maximum atomic E-state index is 12.4. The average molecular weight is 237 g/mol. The summed E-state index contributed by atoms with van der Waals surface area (Å²) in [6, 6.07) is 18.1. The van der Waals surface area contributed by atoms with Crippen LogP contribution >= 0.6 is 0 Å². The van der Waals surface area contributed by atoms with E-state index in [9.17, 15) is 4.79 Å². The highest BCUT2D eigenvalue weighted by Crippen LogP contribution is 2.34. The van der Waals surface area contributed by atoms with Crippen LogP contribution in [0.1, 0.15) is 17.0 Å². The van der Waals surface area contributed by atoms with E-state index < -0.39 is 0 Å². The largest absolute Gasteiger partial charge is 0.315 e. The zero-order valence-corrected chi connectivity index (χ0v) is 10.3. The van der Waals surface area contributed by atoms with Gasteiger partial charge in [0.25, 0.3) is 0 Å². The molecule has 0 aromatic heterocycles. The van der Waals surface area contributed by atoms with Crippen molar-refractivity contribution < 1.29 is 4.79 Å². The van der Waals surface area contributed by atoms with Gasteiger partial charge in [-0.25, -0.2) is 0 Å². The lowest BCUT2D eigenvalue weighted by Gasteiger charge is -2.31. The maximum absolute atomic E-state index is 12.4. The number of hydrogen-bond donors (Lipinski definition) is 0. The first-order valence-electron chi connectivity index (χ1n) is 6.18. The zero-order valence-electron chi connectivity index (χ0n) is 10.3. The second kappa shape index (κ2) is 4.30. The van der Waals surface area contributed by atoms with Crippen LogP contribution in [0.5, 0.6) is 0 Å². The van der Waals surface area contributed by atoms with E-state index in [2.05, 4.69) is 6.07 Å². The number of carbonyl (C=O) groups is 1. The number of benzene rings is 2. The normalized spacial score (nSPS) is 18.6. The Labute approximate surface area is 107 Å². The second-order valence-electron chi connectivity index (χ2n) is 4.69. The molecule has 3 rings (SSSR count). The number of likely N-dealkylation sites (N-methyl/N-ethyl adjacent to an activating group) is 1. The summed E-state index contributed by atoms with van der Waals surface area (Å²) >= 11 is 0. The number of amides is 1. The summed E-state index contributed by atoms with van der Waals surface area (Å²) in [5.41, 5.74) is 3.38. The van der Waals surface area contributed by atoms with Crippen LogP contribution in [-0.2, 0) is 11.2 Å². The molecule has 1 unspecified atom stereocenters. The summed E-state index contributed by atoms with van der Waals surface area (Å²) in [7, 11) is 1.86. The Morgan fingerprint density at radius 1 is 1.00 bits per heavy atom. The topological polar surface area (TPSA) is 20.3 Å².